The Bertz CT molecular complexity index is 390. The molecule has 2 aliphatic heterocycles. The highest BCUT2D eigenvalue weighted by Crippen LogP contribution is 2.34. The molecule has 3 rings (SSSR count). The van der Waals surface area contributed by atoms with Crippen LogP contribution in [0.1, 0.15) is 12.8 Å². The third-order valence-corrected chi connectivity index (χ3v) is 4.20. The second-order valence-corrected chi connectivity index (χ2v) is 5.34. The quantitative estimate of drug-likeness (QED) is 0.736. The van der Waals surface area contributed by atoms with Crippen LogP contribution in [0.15, 0.2) is 24.3 Å². The minimum absolute atomic E-state index is 0.145. The Morgan fingerprint density at radius 3 is 2.65 bits per heavy atom. The monoisotopic (exact) mass is 234 g/mol. The topological polar surface area (TPSA) is 6.48 Å². The van der Waals surface area contributed by atoms with Crippen LogP contribution in [0.2, 0.25) is 0 Å². The van der Waals surface area contributed by atoms with Gasteiger partial charge in [-0.05, 0) is 56.6 Å². The fourth-order valence-corrected chi connectivity index (χ4v) is 3.32. The third kappa shape index (κ3) is 2.04. The summed E-state index contributed by atoms with van der Waals surface area (Å²) >= 11 is 0. The zero-order valence-corrected chi connectivity index (χ0v) is 10.3. The van der Waals surface area contributed by atoms with Crippen LogP contribution in [0, 0.1) is 11.7 Å². The van der Waals surface area contributed by atoms with Crippen LogP contribution in [-0.2, 0) is 0 Å². The Balaban J connectivity index is 1.79. The Hall–Kier alpha value is -1.09. The van der Waals surface area contributed by atoms with E-state index in [9.17, 15) is 4.39 Å². The molecule has 2 saturated heterocycles. The second kappa shape index (κ2) is 4.30. The van der Waals surface area contributed by atoms with E-state index in [4.69, 9.17) is 0 Å². The van der Waals surface area contributed by atoms with Gasteiger partial charge in [0.25, 0.3) is 0 Å². The van der Waals surface area contributed by atoms with Gasteiger partial charge in [0.1, 0.15) is 5.82 Å². The van der Waals surface area contributed by atoms with Crippen molar-refractivity contribution in [2.24, 2.45) is 5.92 Å². The minimum atomic E-state index is -0.145. The number of likely N-dealkylation sites (tertiary alicyclic amines) is 1. The number of halogens is 1. The largest absolute Gasteiger partial charge is 0.368 e. The van der Waals surface area contributed by atoms with Gasteiger partial charge < -0.3 is 9.80 Å². The fraction of sp³-hybridized carbons (Fsp3) is 0.571. The van der Waals surface area contributed by atoms with Crippen LogP contribution in [-0.4, -0.2) is 37.6 Å². The van der Waals surface area contributed by atoms with Gasteiger partial charge in [0.05, 0.1) is 0 Å². The molecule has 2 heterocycles. The molecule has 2 nitrogen and oxygen atoms in total. The zero-order chi connectivity index (χ0) is 11.8. The Morgan fingerprint density at radius 1 is 1.12 bits per heavy atom. The molecule has 2 fully saturated rings. The maximum Gasteiger partial charge on any atom is 0.123 e. The average Bonchev–Trinajstić information content (AvgIpc) is 2.73. The lowest BCUT2D eigenvalue weighted by Crippen LogP contribution is -2.44. The zero-order valence-electron chi connectivity index (χ0n) is 10.3. The molecule has 0 amide bonds. The van der Waals surface area contributed by atoms with E-state index in [1.165, 1.54) is 31.6 Å². The van der Waals surface area contributed by atoms with Gasteiger partial charge in [0.2, 0.25) is 0 Å². The summed E-state index contributed by atoms with van der Waals surface area (Å²) in [4.78, 5) is 4.90. The first kappa shape index (κ1) is 11.0. The van der Waals surface area contributed by atoms with E-state index in [0.717, 1.165) is 12.5 Å². The molecule has 0 spiro atoms. The van der Waals surface area contributed by atoms with Crippen molar-refractivity contribution >= 4 is 5.69 Å². The number of anilines is 1. The van der Waals surface area contributed by atoms with Crippen LogP contribution in [0.4, 0.5) is 10.1 Å². The molecular formula is C14H19FN2. The first-order chi connectivity index (χ1) is 8.24. The number of fused-ring (bicyclic) bond motifs is 1. The Kier molecular flexibility index (Phi) is 2.79. The Labute approximate surface area is 102 Å². The van der Waals surface area contributed by atoms with Gasteiger partial charge >= 0.3 is 0 Å². The fourth-order valence-electron chi connectivity index (χ4n) is 3.32. The van der Waals surface area contributed by atoms with E-state index in [-0.39, 0.29) is 5.82 Å². The van der Waals surface area contributed by atoms with E-state index in [2.05, 4.69) is 16.8 Å². The number of hydrogen-bond acceptors (Lipinski definition) is 2. The summed E-state index contributed by atoms with van der Waals surface area (Å²) in [6.45, 7) is 3.51. The molecule has 92 valence electrons. The lowest BCUT2D eigenvalue weighted by molar-refractivity contribution is 0.202. The number of hydrogen-bond donors (Lipinski definition) is 0. The van der Waals surface area contributed by atoms with Crippen molar-refractivity contribution in [3.05, 3.63) is 30.1 Å². The van der Waals surface area contributed by atoms with E-state index < -0.39 is 0 Å². The first-order valence-electron chi connectivity index (χ1n) is 6.45. The molecular weight excluding hydrogens is 215 g/mol. The second-order valence-electron chi connectivity index (χ2n) is 5.34. The number of benzene rings is 1. The normalized spacial score (nSPS) is 29.4. The van der Waals surface area contributed by atoms with Gasteiger partial charge in [-0.1, -0.05) is 0 Å². The number of rotatable bonds is 1. The summed E-state index contributed by atoms with van der Waals surface area (Å²) in [6.07, 6.45) is 2.50. The van der Waals surface area contributed by atoms with Crippen molar-refractivity contribution in [1.82, 2.24) is 4.90 Å². The van der Waals surface area contributed by atoms with Gasteiger partial charge in [-0.25, -0.2) is 4.39 Å². The molecule has 2 atom stereocenters. The summed E-state index contributed by atoms with van der Waals surface area (Å²) in [5, 5.41) is 0. The van der Waals surface area contributed by atoms with Gasteiger partial charge in [0, 0.05) is 24.8 Å². The highest BCUT2D eigenvalue weighted by molar-refractivity contribution is 5.48. The molecule has 0 N–H and O–H groups in total. The lowest BCUT2D eigenvalue weighted by atomic mass is 9.93. The molecule has 1 aromatic rings. The summed E-state index contributed by atoms with van der Waals surface area (Å²) in [5.41, 5.74) is 1.18. The highest BCUT2D eigenvalue weighted by Gasteiger charge is 2.37. The maximum atomic E-state index is 12.9. The van der Waals surface area contributed by atoms with Crippen molar-refractivity contribution in [1.29, 1.82) is 0 Å². The minimum Gasteiger partial charge on any atom is -0.368 e. The SMILES string of the molecule is CN1CCC2C(CCN2c2ccc(F)cc2)C1. The van der Waals surface area contributed by atoms with E-state index in [1.54, 1.807) is 12.1 Å². The van der Waals surface area contributed by atoms with Crippen molar-refractivity contribution in [3.8, 4) is 0 Å². The van der Waals surface area contributed by atoms with Gasteiger partial charge in [-0.2, -0.15) is 0 Å². The predicted molar refractivity (Wildman–Crippen MR) is 67.8 cm³/mol. The van der Waals surface area contributed by atoms with E-state index in [1.807, 2.05) is 12.1 Å². The van der Waals surface area contributed by atoms with Crippen LogP contribution >= 0.6 is 0 Å². The molecule has 0 aliphatic carbocycles. The van der Waals surface area contributed by atoms with Crippen molar-refractivity contribution in [2.75, 3.05) is 31.6 Å². The highest BCUT2D eigenvalue weighted by atomic mass is 19.1. The molecule has 3 heteroatoms. The summed E-state index contributed by atoms with van der Waals surface area (Å²) in [5.74, 6) is 0.645. The van der Waals surface area contributed by atoms with Crippen molar-refractivity contribution in [2.45, 2.75) is 18.9 Å². The molecule has 17 heavy (non-hydrogen) atoms. The molecule has 0 radical (unpaired) electrons. The van der Waals surface area contributed by atoms with Crippen molar-refractivity contribution < 1.29 is 4.39 Å². The summed E-state index contributed by atoms with van der Waals surface area (Å²) in [7, 11) is 2.21. The van der Waals surface area contributed by atoms with Crippen LogP contribution in [0.5, 0.6) is 0 Å². The average molecular weight is 234 g/mol. The predicted octanol–water partition coefficient (Wildman–Crippen LogP) is 2.36. The maximum absolute atomic E-state index is 12.9. The van der Waals surface area contributed by atoms with Crippen LogP contribution < -0.4 is 4.90 Å². The van der Waals surface area contributed by atoms with Gasteiger partial charge in [0.15, 0.2) is 0 Å². The molecule has 2 aliphatic rings. The lowest BCUT2D eigenvalue weighted by Gasteiger charge is -2.37. The molecule has 2 unspecified atom stereocenters. The van der Waals surface area contributed by atoms with E-state index in [0.29, 0.717) is 6.04 Å². The molecule has 1 aromatic carbocycles. The Morgan fingerprint density at radius 2 is 1.88 bits per heavy atom. The third-order valence-electron chi connectivity index (χ3n) is 4.20. The molecule has 0 aromatic heterocycles. The smallest absolute Gasteiger partial charge is 0.123 e. The van der Waals surface area contributed by atoms with Crippen molar-refractivity contribution in [3.63, 3.8) is 0 Å². The number of piperidine rings is 1. The standard InChI is InChI=1S/C14H19FN2/c1-16-8-7-14-11(10-16)6-9-17(14)13-4-2-12(15)3-5-13/h2-5,11,14H,6-10H2,1H3. The van der Waals surface area contributed by atoms with Crippen LogP contribution in [0.25, 0.3) is 0 Å². The van der Waals surface area contributed by atoms with Gasteiger partial charge in [-0.15, -0.1) is 0 Å². The molecule has 0 bridgehead atoms. The number of nitrogens with zero attached hydrogens (tertiary/aromatic N) is 2. The van der Waals surface area contributed by atoms with Gasteiger partial charge in [-0.3, -0.25) is 0 Å². The first-order valence-corrected chi connectivity index (χ1v) is 6.45. The van der Waals surface area contributed by atoms with E-state index >= 15 is 0 Å². The summed E-state index contributed by atoms with van der Waals surface area (Å²) in [6, 6.07) is 7.62. The summed E-state index contributed by atoms with van der Waals surface area (Å²) < 4.78 is 12.9. The van der Waals surface area contributed by atoms with Crippen LogP contribution in [0.3, 0.4) is 0 Å². The molecule has 0 saturated carbocycles.